The Morgan fingerprint density at radius 1 is 1.08 bits per heavy atom. The number of fused-ring (bicyclic) bond motifs is 1. The van der Waals surface area contributed by atoms with E-state index in [4.69, 9.17) is 4.74 Å². The van der Waals surface area contributed by atoms with Crippen molar-refractivity contribution in [2.24, 2.45) is 17.3 Å². The van der Waals surface area contributed by atoms with Gasteiger partial charge in [-0.15, -0.1) is 0 Å². The van der Waals surface area contributed by atoms with Gasteiger partial charge in [0.05, 0.1) is 18.1 Å². The first-order valence-corrected chi connectivity index (χ1v) is 14.4. The second-order valence-corrected chi connectivity index (χ2v) is 12.7. The first-order valence-electron chi connectivity index (χ1n) is 14.4. The summed E-state index contributed by atoms with van der Waals surface area (Å²) >= 11 is 0. The van der Waals surface area contributed by atoms with Gasteiger partial charge in [0, 0.05) is 44.0 Å². The van der Waals surface area contributed by atoms with Crippen LogP contribution in [0.25, 0.3) is 0 Å². The summed E-state index contributed by atoms with van der Waals surface area (Å²) in [5.74, 6) is -1.03. The third-order valence-electron chi connectivity index (χ3n) is 8.09. The fraction of sp³-hybridized carbons (Fsp3) is 0.700. The van der Waals surface area contributed by atoms with Crippen molar-refractivity contribution in [3.8, 4) is 0 Å². The number of nitrogens with one attached hydrogen (secondary N) is 1. The number of rotatable bonds is 8. The van der Waals surface area contributed by atoms with E-state index in [1.54, 1.807) is 0 Å². The largest absolute Gasteiger partial charge is 0.375 e. The Hall–Kier alpha value is -2.45. The predicted molar refractivity (Wildman–Crippen MR) is 149 cm³/mol. The SMILES string of the molecule is CCCN1CCN(c2ccc(C(=O)NC(CC(C)(C)C)C(=O)N3C(=O)[C@H](C(C)C)[C@H]4OCC[C@@H]43)cc2)CC1. The minimum atomic E-state index is -0.787. The normalized spacial score (nSPS) is 25.1. The van der Waals surface area contributed by atoms with Gasteiger partial charge in [-0.25, -0.2) is 0 Å². The fourth-order valence-corrected chi connectivity index (χ4v) is 6.21. The molecular formula is C30H46N4O4. The molecule has 38 heavy (non-hydrogen) atoms. The summed E-state index contributed by atoms with van der Waals surface area (Å²) in [4.78, 5) is 46.8. The van der Waals surface area contributed by atoms with Crippen molar-refractivity contribution in [2.45, 2.75) is 79.0 Å². The molecule has 210 valence electrons. The Morgan fingerprint density at radius 2 is 1.74 bits per heavy atom. The van der Waals surface area contributed by atoms with Crippen molar-refractivity contribution in [3.05, 3.63) is 29.8 Å². The summed E-state index contributed by atoms with van der Waals surface area (Å²) in [6.45, 7) is 18.1. The third kappa shape index (κ3) is 6.23. The number of amides is 3. The van der Waals surface area contributed by atoms with Crippen LogP contribution in [-0.4, -0.2) is 85.0 Å². The average molecular weight is 527 g/mol. The average Bonchev–Trinajstić information content (AvgIpc) is 3.42. The van der Waals surface area contributed by atoms with E-state index in [1.165, 1.54) is 11.3 Å². The number of benzene rings is 1. The molecule has 0 aromatic heterocycles. The molecule has 0 bridgehead atoms. The van der Waals surface area contributed by atoms with E-state index in [0.717, 1.165) is 38.4 Å². The highest BCUT2D eigenvalue weighted by atomic mass is 16.5. The maximum Gasteiger partial charge on any atom is 0.252 e. The number of ether oxygens (including phenoxy) is 1. The predicted octanol–water partition coefficient (Wildman–Crippen LogP) is 3.55. The zero-order valence-electron chi connectivity index (χ0n) is 24.0. The van der Waals surface area contributed by atoms with Crippen LogP contribution in [0.3, 0.4) is 0 Å². The van der Waals surface area contributed by atoms with Gasteiger partial charge in [0.1, 0.15) is 6.04 Å². The van der Waals surface area contributed by atoms with Crippen molar-refractivity contribution in [3.63, 3.8) is 0 Å². The Balaban J connectivity index is 1.46. The van der Waals surface area contributed by atoms with Crippen molar-refractivity contribution in [1.82, 2.24) is 15.1 Å². The molecule has 0 aliphatic carbocycles. The van der Waals surface area contributed by atoms with Crippen LogP contribution in [0, 0.1) is 17.3 Å². The molecule has 3 aliphatic rings. The summed E-state index contributed by atoms with van der Waals surface area (Å²) in [5.41, 5.74) is 1.40. The molecule has 3 saturated heterocycles. The van der Waals surface area contributed by atoms with Crippen molar-refractivity contribution in [1.29, 1.82) is 0 Å². The number of carbonyl (C=O) groups excluding carboxylic acids is 3. The maximum atomic E-state index is 13.9. The van der Waals surface area contributed by atoms with Crippen molar-refractivity contribution >= 4 is 23.4 Å². The second-order valence-electron chi connectivity index (χ2n) is 12.7. The molecule has 0 spiro atoms. The number of hydrogen-bond acceptors (Lipinski definition) is 6. The number of nitrogens with zero attached hydrogens (tertiary/aromatic N) is 3. The van der Waals surface area contributed by atoms with E-state index in [2.05, 4.69) is 22.0 Å². The number of anilines is 1. The lowest BCUT2D eigenvalue weighted by Gasteiger charge is -2.36. The van der Waals surface area contributed by atoms with Crippen LogP contribution in [0.1, 0.15) is 71.2 Å². The maximum absolute atomic E-state index is 13.9. The first kappa shape index (κ1) is 28.6. The summed E-state index contributed by atoms with van der Waals surface area (Å²) in [6.07, 6.45) is 2.00. The van der Waals surface area contributed by atoms with Crippen LogP contribution >= 0.6 is 0 Å². The molecule has 0 radical (unpaired) electrons. The topological polar surface area (TPSA) is 82.2 Å². The Bertz CT molecular complexity index is 995. The van der Waals surface area contributed by atoms with Gasteiger partial charge in [0.25, 0.3) is 11.8 Å². The molecule has 4 rings (SSSR count). The van der Waals surface area contributed by atoms with E-state index >= 15 is 0 Å². The summed E-state index contributed by atoms with van der Waals surface area (Å²) < 4.78 is 5.90. The highest BCUT2D eigenvalue weighted by Gasteiger charge is 2.55. The van der Waals surface area contributed by atoms with Crippen molar-refractivity contribution < 1.29 is 19.1 Å². The lowest BCUT2D eigenvalue weighted by Crippen LogP contribution is -2.53. The summed E-state index contributed by atoms with van der Waals surface area (Å²) in [5, 5.41) is 2.99. The lowest BCUT2D eigenvalue weighted by atomic mass is 9.87. The van der Waals surface area contributed by atoms with Gasteiger partial charge in [-0.1, -0.05) is 41.5 Å². The third-order valence-corrected chi connectivity index (χ3v) is 8.09. The smallest absolute Gasteiger partial charge is 0.252 e. The van der Waals surface area contributed by atoms with Crippen LogP contribution in [0.5, 0.6) is 0 Å². The van der Waals surface area contributed by atoms with Gasteiger partial charge in [0.15, 0.2) is 0 Å². The number of carbonyl (C=O) groups is 3. The number of likely N-dealkylation sites (tertiary alicyclic amines) is 1. The van der Waals surface area contributed by atoms with E-state index in [1.807, 2.05) is 58.9 Å². The van der Waals surface area contributed by atoms with Gasteiger partial charge < -0.3 is 15.0 Å². The number of hydrogen-bond donors (Lipinski definition) is 1. The van der Waals surface area contributed by atoms with Gasteiger partial charge in [0.2, 0.25) is 5.91 Å². The van der Waals surface area contributed by atoms with Crippen LogP contribution < -0.4 is 10.2 Å². The molecule has 1 aromatic carbocycles. The molecule has 3 amide bonds. The fourth-order valence-electron chi connectivity index (χ4n) is 6.21. The Kier molecular flexibility index (Phi) is 8.82. The van der Waals surface area contributed by atoms with Crippen LogP contribution in [0.2, 0.25) is 0 Å². The minimum absolute atomic E-state index is 0.0784. The van der Waals surface area contributed by atoms with Gasteiger partial charge in [-0.3, -0.25) is 24.2 Å². The van der Waals surface area contributed by atoms with Crippen molar-refractivity contribution in [2.75, 3.05) is 44.2 Å². The van der Waals surface area contributed by atoms with E-state index in [0.29, 0.717) is 25.0 Å². The monoisotopic (exact) mass is 526 g/mol. The zero-order valence-corrected chi connectivity index (χ0v) is 24.0. The van der Waals surface area contributed by atoms with Gasteiger partial charge in [-0.05, 0) is 61.4 Å². The quantitative estimate of drug-likeness (QED) is 0.558. The van der Waals surface area contributed by atoms with E-state index in [-0.39, 0.29) is 47.1 Å². The van der Waals surface area contributed by atoms with Gasteiger partial charge >= 0.3 is 0 Å². The molecule has 4 atom stereocenters. The van der Waals surface area contributed by atoms with Crippen LogP contribution in [-0.2, 0) is 14.3 Å². The molecular weight excluding hydrogens is 480 g/mol. The molecule has 8 heteroatoms. The Morgan fingerprint density at radius 3 is 2.32 bits per heavy atom. The zero-order chi connectivity index (χ0) is 27.6. The lowest BCUT2D eigenvalue weighted by molar-refractivity contribution is -0.147. The number of piperazine rings is 1. The van der Waals surface area contributed by atoms with Gasteiger partial charge in [-0.2, -0.15) is 0 Å². The first-order chi connectivity index (χ1) is 18.0. The highest BCUT2D eigenvalue weighted by molar-refractivity contribution is 6.04. The van der Waals surface area contributed by atoms with E-state index < -0.39 is 6.04 Å². The molecule has 0 saturated carbocycles. The Labute approximate surface area is 228 Å². The van der Waals surface area contributed by atoms with E-state index in [9.17, 15) is 14.4 Å². The summed E-state index contributed by atoms with van der Waals surface area (Å²) in [6, 6.07) is 6.60. The standard InChI is InChI=1S/C30H46N4O4/c1-7-13-32-14-16-33(17-15-32)22-10-8-21(9-11-22)27(35)31-23(19-30(4,5)6)28(36)34-24-12-18-38-26(24)25(20(2)3)29(34)37/h8-11,20,23-26H,7,12-19H2,1-6H3,(H,31,35)/t23?,24-,25+,26-/m0/s1. The highest BCUT2D eigenvalue weighted by Crippen LogP contribution is 2.39. The molecule has 3 heterocycles. The minimum Gasteiger partial charge on any atom is -0.375 e. The second kappa shape index (κ2) is 11.7. The number of imide groups is 1. The van der Waals surface area contributed by atoms with Crippen LogP contribution in [0.15, 0.2) is 24.3 Å². The molecule has 1 unspecified atom stereocenters. The molecule has 3 fully saturated rings. The molecule has 3 aliphatic heterocycles. The molecule has 1 N–H and O–H groups in total. The summed E-state index contributed by atoms with van der Waals surface area (Å²) in [7, 11) is 0. The molecule has 8 nitrogen and oxygen atoms in total. The van der Waals surface area contributed by atoms with Crippen LogP contribution in [0.4, 0.5) is 5.69 Å². The molecule has 1 aromatic rings.